The van der Waals surface area contributed by atoms with E-state index in [9.17, 15) is 13.2 Å². The largest absolute Gasteiger partial charge is 0.369 e. The van der Waals surface area contributed by atoms with Crippen molar-refractivity contribution in [2.24, 2.45) is 0 Å². The molecule has 2 heterocycles. The third kappa shape index (κ3) is 4.58. The minimum absolute atomic E-state index is 0.00415. The lowest BCUT2D eigenvalue weighted by Crippen LogP contribution is -2.55. The van der Waals surface area contributed by atoms with Crippen molar-refractivity contribution in [2.75, 3.05) is 49.6 Å². The fraction of sp³-hybridized carbons (Fsp3) is 0.632. The molecule has 27 heavy (non-hydrogen) atoms. The molecule has 2 fully saturated rings. The number of halogens is 1. The number of nitrogens with zero attached hydrogens (tertiary/aromatic N) is 3. The highest BCUT2D eigenvalue weighted by atomic mass is 35.5. The van der Waals surface area contributed by atoms with Crippen molar-refractivity contribution in [2.45, 2.75) is 32.4 Å². The maximum absolute atomic E-state index is 12.8. The van der Waals surface area contributed by atoms with Crippen molar-refractivity contribution in [1.82, 2.24) is 9.80 Å². The summed E-state index contributed by atoms with van der Waals surface area (Å²) in [7, 11) is -1.26. The van der Waals surface area contributed by atoms with E-state index in [2.05, 4.69) is 16.7 Å². The maximum atomic E-state index is 12.8. The highest BCUT2D eigenvalue weighted by molar-refractivity contribution is 7.91. The minimum atomic E-state index is -3.00. The van der Waals surface area contributed by atoms with E-state index in [-0.39, 0.29) is 29.5 Å². The number of sulfone groups is 1. The van der Waals surface area contributed by atoms with Crippen LogP contribution in [0.4, 0.5) is 5.69 Å². The second-order valence-electron chi connectivity index (χ2n) is 7.64. The molecule has 0 saturated carbocycles. The predicted octanol–water partition coefficient (Wildman–Crippen LogP) is 1.80. The molecule has 0 N–H and O–H groups in total. The smallest absolute Gasteiger partial charge is 0.239 e. The van der Waals surface area contributed by atoms with Crippen molar-refractivity contribution in [1.29, 1.82) is 0 Å². The molecule has 150 valence electrons. The van der Waals surface area contributed by atoms with Gasteiger partial charge in [-0.2, -0.15) is 0 Å². The molecule has 2 atom stereocenters. The van der Waals surface area contributed by atoms with Gasteiger partial charge in [0.25, 0.3) is 0 Å². The Kier molecular flexibility index (Phi) is 6.03. The van der Waals surface area contributed by atoms with Crippen LogP contribution in [0.2, 0.25) is 5.02 Å². The molecule has 0 aromatic heterocycles. The van der Waals surface area contributed by atoms with Gasteiger partial charge in [0.2, 0.25) is 5.91 Å². The van der Waals surface area contributed by atoms with Gasteiger partial charge in [0.05, 0.1) is 17.5 Å². The summed E-state index contributed by atoms with van der Waals surface area (Å²) in [6.07, 6.45) is 0.541. The highest BCUT2D eigenvalue weighted by Gasteiger charge is 2.36. The Hall–Kier alpha value is -1.31. The third-order valence-electron chi connectivity index (χ3n) is 5.83. The lowest BCUT2D eigenvalue weighted by Gasteiger charge is -2.40. The Labute approximate surface area is 167 Å². The van der Waals surface area contributed by atoms with Gasteiger partial charge in [-0.25, -0.2) is 8.42 Å². The first-order chi connectivity index (χ1) is 12.7. The first-order valence-electron chi connectivity index (χ1n) is 9.40. The average Bonchev–Trinajstić information content (AvgIpc) is 3.02. The Balaban J connectivity index is 1.58. The minimum Gasteiger partial charge on any atom is -0.369 e. The number of rotatable bonds is 4. The van der Waals surface area contributed by atoms with Crippen LogP contribution in [0.15, 0.2) is 18.2 Å². The number of benzene rings is 1. The van der Waals surface area contributed by atoms with Gasteiger partial charge < -0.3 is 9.80 Å². The van der Waals surface area contributed by atoms with E-state index in [0.717, 1.165) is 36.9 Å². The molecule has 8 heteroatoms. The SMILES string of the molecule is Cc1ccc(Cl)cc1N1CCN([C@@H](C)C(=O)N(C)[C@@H]2CCS(=O)(=O)C2)CC1. The van der Waals surface area contributed by atoms with Gasteiger partial charge in [0.1, 0.15) is 0 Å². The van der Waals surface area contributed by atoms with Crippen molar-refractivity contribution >= 4 is 33.0 Å². The van der Waals surface area contributed by atoms with Crippen molar-refractivity contribution in [3.05, 3.63) is 28.8 Å². The molecule has 3 rings (SSSR count). The predicted molar refractivity (Wildman–Crippen MR) is 109 cm³/mol. The van der Waals surface area contributed by atoms with Gasteiger partial charge >= 0.3 is 0 Å². The number of amides is 1. The zero-order valence-corrected chi connectivity index (χ0v) is 17.8. The third-order valence-corrected chi connectivity index (χ3v) is 7.82. The molecule has 0 spiro atoms. The van der Waals surface area contributed by atoms with Crippen LogP contribution in [-0.2, 0) is 14.6 Å². The number of carbonyl (C=O) groups excluding carboxylic acids is 1. The number of likely N-dealkylation sites (N-methyl/N-ethyl adjacent to an activating group) is 1. The number of hydrogen-bond donors (Lipinski definition) is 0. The normalized spacial score (nSPS) is 24.0. The van der Waals surface area contributed by atoms with Crippen LogP contribution in [0.25, 0.3) is 0 Å². The first kappa shape index (κ1) is 20.4. The number of carbonyl (C=O) groups is 1. The second kappa shape index (κ2) is 7.97. The van der Waals surface area contributed by atoms with Gasteiger partial charge in [-0.15, -0.1) is 0 Å². The molecule has 0 bridgehead atoms. The van der Waals surface area contributed by atoms with Gasteiger partial charge in [-0.3, -0.25) is 9.69 Å². The Morgan fingerprint density at radius 1 is 1.26 bits per heavy atom. The van der Waals surface area contributed by atoms with Gasteiger partial charge in [0, 0.05) is 50.0 Å². The Morgan fingerprint density at radius 2 is 1.93 bits per heavy atom. The van der Waals surface area contributed by atoms with Gasteiger partial charge in [-0.05, 0) is 38.0 Å². The molecule has 1 amide bonds. The molecule has 2 aliphatic rings. The Morgan fingerprint density at radius 3 is 2.52 bits per heavy atom. The number of aryl methyl sites for hydroxylation is 1. The molecule has 1 aromatic carbocycles. The van der Waals surface area contributed by atoms with E-state index in [0.29, 0.717) is 6.42 Å². The second-order valence-corrected chi connectivity index (χ2v) is 10.3. The number of hydrogen-bond acceptors (Lipinski definition) is 5. The molecule has 1 aromatic rings. The molecular weight excluding hydrogens is 386 g/mol. The molecule has 6 nitrogen and oxygen atoms in total. The molecule has 0 unspecified atom stereocenters. The molecule has 0 aliphatic carbocycles. The van der Waals surface area contributed by atoms with E-state index < -0.39 is 9.84 Å². The topological polar surface area (TPSA) is 60.9 Å². The highest BCUT2D eigenvalue weighted by Crippen LogP contribution is 2.26. The van der Waals surface area contributed by atoms with Crippen molar-refractivity contribution in [3.8, 4) is 0 Å². The van der Waals surface area contributed by atoms with Crippen LogP contribution in [0, 0.1) is 6.92 Å². The zero-order chi connectivity index (χ0) is 19.8. The first-order valence-corrected chi connectivity index (χ1v) is 11.6. The van der Waals surface area contributed by atoms with Crippen LogP contribution in [0.1, 0.15) is 18.9 Å². The standard InChI is InChI=1S/C19H28ClN3O3S/c1-14-4-5-16(20)12-18(14)23-9-7-22(8-10-23)15(2)19(24)21(3)17-6-11-27(25,26)13-17/h4-5,12,15,17H,6-11,13H2,1-3H3/t15-,17+/m0/s1. The average molecular weight is 414 g/mol. The van der Waals surface area contributed by atoms with Crippen LogP contribution in [0.3, 0.4) is 0 Å². The van der Waals surface area contributed by atoms with Crippen molar-refractivity contribution < 1.29 is 13.2 Å². The molecular formula is C19H28ClN3O3S. The summed E-state index contributed by atoms with van der Waals surface area (Å²) in [6.45, 7) is 7.24. The van der Waals surface area contributed by atoms with E-state index in [1.807, 2.05) is 25.1 Å². The van der Waals surface area contributed by atoms with Crippen molar-refractivity contribution in [3.63, 3.8) is 0 Å². The summed E-state index contributed by atoms with van der Waals surface area (Å²) >= 11 is 6.14. The fourth-order valence-electron chi connectivity index (χ4n) is 3.99. The van der Waals surface area contributed by atoms with Crippen LogP contribution in [0.5, 0.6) is 0 Å². The Bertz CT molecular complexity index is 806. The summed E-state index contributed by atoms with van der Waals surface area (Å²) in [6, 6.07) is 5.48. The maximum Gasteiger partial charge on any atom is 0.239 e. The summed E-state index contributed by atoms with van der Waals surface area (Å²) < 4.78 is 23.4. The van der Waals surface area contributed by atoms with E-state index in [1.54, 1.807) is 11.9 Å². The molecule has 0 radical (unpaired) electrons. The van der Waals surface area contributed by atoms with Gasteiger partial charge in [-0.1, -0.05) is 17.7 Å². The zero-order valence-electron chi connectivity index (χ0n) is 16.2. The van der Waals surface area contributed by atoms with Crippen LogP contribution >= 0.6 is 11.6 Å². The van der Waals surface area contributed by atoms with E-state index >= 15 is 0 Å². The monoisotopic (exact) mass is 413 g/mol. The summed E-state index contributed by atoms with van der Waals surface area (Å²) in [5, 5.41) is 0.731. The quantitative estimate of drug-likeness (QED) is 0.753. The number of piperazine rings is 1. The van der Waals surface area contributed by atoms with Crippen LogP contribution in [-0.4, -0.2) is 80.9 Å². The number of anilines is 1. The van der Waals surface area contributed by atoms with Gasteiger partial charge in [0.15, 0.2) is 9.84 Å². The van der Waals surface area contributed by atoms with Crippen LogP contribution < -0.4 is 4.90 Å². The molecule has 2 aliphatic heterocycles. The van der Waals surface area contributed by atoms with E-state index in [1.165, 1.54) is 5.56 Å². The van der Waals surface area contributed by atoms with E-state index in [4.69, 9.17) is 11.6 Å². The summed E-state index contributed by atoms with van der Waals surface area (Å²) in [4.78, 5) is 19.0. The fourth-order valence-corrected chi connectivity index (χ4v) is 5.93. The summed E-state index contributed by atoms with van der Waals surface area (Å²) in [5.41, 5.74) is 2.34. The molecule has 2 saturated heterocycles. The summed E-state index contributed by atoms with van der Waals surface area (Å²) in [5.74, 6) is 0.273. The lowest BCUT2D eigenvalue weighted by molar-refractivity contribution is -0.136. The lowest BCUT2D eigenvalue weighted by atomic mass is 10.1.